The molecule has 3 heterocycles. The highest BCUT2D eigenvalue weighted by Crippen LogP contribution is 2.34. The Bertz CT molecular complexity index is 1160. The molecule has 5 rings (SSSR count). The zero-order valence-corrected chi connectivity index (χ0v) is 17.1. The Labute approximate surface area is 175 Å². The smallest absolute Gasteiger partial charge is 0.227 e. The first-order chi connectivity index (χ1) is 14.6. The molecule has 0 radical (unpaired) electrons. The molecular weight excluding hydrogens is 378 g/mol. The number of amides is 1. The van der Waals surface area contributed by atoms with Crippen LogP contribution in [0.1, 0.15) is 56.5 Å². The summed E-state index contributed by atoms with van der Waals surface area (Å²) in [5, 5.41) is 13.4. The Morgan fingerprint density at radius 2 is 2.20 bits per heavy atom. The molecule has 0 unspecified atom stereocenters. The van der Waals surface area contributed by atoms with Crippen molar-refractivity contribution in [3.63, 3.8) is 0 Å². The molecule has 0 spiro atoms. The normalized spacial score (nSPS) is 22.0. The zero-order valence-electron chi connectivity index (χ0n) is 17.1. The number of nitrogens with one attached hydrogen (secondary N) is 1. The molecule has 30 heavy (non-hydrogen) atoms. The van der Waals surface area contributed by atoms with Crippen LogP contribution >= 0.6 is 0 Å². The van der Waals surface area contributed by atoms with Crippen molar-refractivity contribution in [2.75, 3.05) is 6.61 Å². The van der Waals surface area contributed by atoms with Crippen molar-refractivity contribution in [2.24, 2.45) is 0 Å². The van der Waals surface area contributed by atoms with Gasteiger partial charge in [0.1, 0.15) is 11.3 Å². The average molecular weight is 403 g/mol. The lowest BCUT2D eigenvalue weighted by Crippen LogP contribution is -2.40. The van der Waals surface area contributed by atoms with Crippen LogP contribution in [-0.2, 0) is 16.0 Å². The largest absolute Gasteiger partial charge is 0.378 e. The number of aromatic nitrogens is 3. The van der Waals surface area contributed by atoms with E-state index in [-0.39, 0.29) is 24.5 Å². The molecule has 1 aliphatic carbocycles. The van der Waals surface area contributed by atoms with Gasteiger partial charge in [-0.3, -0.25) is 9.78 Å². The molecule has 1 aromatic carbocycles. The maximum atomic E-state index is 12.7. The van der Waals surface area contributed by atoms with Gasteiger partial charge in [-0.25, -0.2) is 4.98 Å². The van der Waals surface area contributed by atoms with Crippen LogP contribution in [0.25, 0.3) is 21.9 Å². The van der Waals surface area contributed by atoms with Crippen molar-refractivity contribution in [2.45, 2.75) is 63.6 Å². The Morgan fingerprint density at radius 1 is 1.33 bits per heavy atom. The molecule has 2 aromatic heterocycles. The molecule has 1 aliphatic heterocycles. The van der Waals surface area contributed by atoms with Crippen molar-refractivity contribution in [3.8, 4) is 6.07 Å². The van der Waals surface area contributed by atoms with Crippen molar-refractivity contribution < 1.29 is 9.53 Å². The number of ether oxygens (including phenoxy) is 1. The van der Waals surface area contributed by atoms with Crippen LogP contribution in [0.2, 0.25) is 0 Å². The Morgan fingerprint density at radius 3 is 2.93 bits per heavy atom. The summed E-state index contributed by atoms with van der Waals surface area (Å²) in [6.45, 7) is 2.77. The number of hydrogen-bond donors (Lipinski definition) is 1. The van der Waals surface area contributed by atoms with E-state index in [1.807, 2.05) is 12.1 Å². The molecule has 1 N–H and O–H groups in total. The maximum Gasteiger partial charge on any atom is 0.227 e. The molecule has 7 nitrogen and oxygen atoms in total. The van der Waals surface area contributed by atoms with Gasteiger partial charge in [0.25, 0.3) is 0 Å². The number of nitrogens with zero attached hydrogens (tertiary/aromatic N) is 4. The Kier molecular flexibility index (Phi) is 4.87. The highest BCUT2D eigenvalue weighted by Gasteiger charge is 2.28. The van der Waals surface area contributed by atoms with Gasteiger partial charge in [0.2, 0.25) is 5.91 Å². The fraction of sp³-hybridized carbons (Fsp3) is 0.478. The van der Waals surface area contributed by atoms with Crippen LogP contribution in [0.5, 0.6) is 0 Å². The summed E-state index contributed by atoms with van der Waals surface area (Å²) < 4.78 is 7.99. The molecule has 1 amide bonds. The number of carbonyl (C=O) groups excluding carboxylic acids is 1. The van der Waals surface area contributed by atoms with Gasteiger partial charge in [-0.05, 0) is 57.2 Å². The number of carbonyl (C=O) groups is 1. The second-order valence-corrected chi connectivity index (χ2v) is 8.47. The second-order valence-electron chi connectivity index (χ2n) is 8.47. The monoisotopic (exact) mass is 403 g/mol. The predicted molar refractivity (Wildman–Crippen MR) is 113 cm³/mol. The molecule has 2 aliphatic rings. The third-order valence-corrected chi connectivity index (χ3v) is 6.33. The highest BCUT2D eigenvalue weighted by molar-refractivity contribution is 6.03. The van der Waals surface area contributed by atoms with Crippen molar-refractivity contribution >= 4 is 27.8 Å². The molecule has 2 fully saturated rings. The first kappa shape index (κ1) is 19.0. The quantitative estimate of drug-likeness (QED) is 0.721. The average Bonchev–Trinajstić information content (AvgIpc) is 3.08. The van der Waals surface area contributed by atoms with Gasteiger partial charge >= 0.3 is 0 Å². The standard InChI is InChI=1S/C23H25N5O2/c1-14-9-17(7-8-30-14)28-21(11-22(29)26-16-3-2-4-16)27-20-13-25-19-6-5-15(12-24)10-18(19)23(20)28/h5-6,10,13-14,16-17H,2-4,7-9,11H2,1H3,(H,26,29)/t14-,17-/m1/s1. The minimum absolute atomic E-state index is 0.0198. The van der Waals surface area contributed by atoms with E-state index in [2.05, 4.69) is 27.9 Å². The molecule has 2 atom stereocenters. The lowest BCUT2D eigenvalue weighted by atomic mass is 9.93. The molecule has 7 heteroatoms. The van der Waals surface area contributed by atoms with Gasteiger partial charge < -0.3 is 14.6 Å². The summed E-state index contributed by atoms with van der Waals surface area (Å²) >= 11 is 0. The van der Waals surface area contributed by atoms with Gasteiger partial charge in [0.15, 0.2) is 0 Å². The SMILES string of the molecule is C[C@@H]1C[C@H](n2c(CC(=O)NC3CCC3)nc3cnc4ccc(C#N)cc4c32)CCO1. The van der Waals surface area contributed by atoms with E-state index >= 15 is 0 Å². The maximum absolute atomic E-state index is 12.7. The second kappa shape index (κ2) is 7.69. The summed E-state index contributed by atoms with van der Waals surface area (Å²) in [6.07, 6.45) is 7.21. The van der Waals surface area contributed by atoms with Gasteiger partial charge in [-0.1, -0.05) is 0 Å². The van der Waals surface area contributed by atoms with Crippen molar-refractivity contribution in [3.05, 3.63) is 35.8 Å². The Hall–Kier alpha value is -2.98. The van der Waals surface area contributed by atoms with Gasteiger partial charge in [-0.2, -0.15) is 5.26 Å². The third kappa shape index (κ3) is 3.41. The van der Waals surface area contributed by atoms with Gasteiger partial charge in [0, 0.05) is 24.1 Å². The number of pyridine rings is 1. The van der Waals surface area contributed by atoms with Crippen molar-refractivity contribution in [1.82, 2.24) is 19.9 Å². The first-order valence-electron chi connectivity index (χ1n) is 10.7. The molecule has 154 valence electrons. The van der Waals surface area contributed by atoms with E-state index in [1.165, 1.54) is 6.42 Å². The van der Waals surface area contributed by atoms with Gasteiger partial charge in [0.05, 0.1) is 41.4 Å². The van der Waals surface area contributed by atoms with Gasteiger partial charge in [-0.15, -0.1) is 0 Å². The van der Waals surface area contributed by atoms with Crippen LogP contribution in [0.3, 0.4) is 0 Å². The molecule has 1 saturated heterocycles. The number of fused-ring (bicyclic) bond motifs is 3. The fourth-order valence-corrected chi connectivity index (χ4v) is 4.60. The van der Waals surface area contributed by atoms with Crippen LogP contribution in [0.15, 0.2) is 24.4 Å². The molecule has 0 bridgehead atoms. The highest BCUT2D eigenvalue weighted by atomic mass is 16.5. The van der Waals surface area contributed by atoms with E-state index in [9.17, 15) is 10.1 Å². The van der Waals surface area contributed by atoms with E-state index in [0.717, 1.165) is 53.4 Å². The van der Waals surface area contributed by atoms with E-state index in [4.69, 9.17) is 9.72 Å². The summed E-state index contributed by atoms with van der Waals surface area (Å²) in [7, 11) is 0. The number of nitriles is 1. The van der Waals surface area contributed by atoms with E-state index < -0.39 is 0 Å². The summed E-state index contributed by atoms with van der Waals surface area (Å²) in [6, 6.07) is 8.26. The number of hydrogen-bond acceptors (Lipinski definition) is 5. The van der Waals surface area contributed by atoms with Crippen LogP contribution < -0.4 is 5.32 Å². The van der Waals surface area contributed by atoms with E-state index in [0.29, 0.717) is 18.2 Å². The lowest BCUT2D eigenvalue weighted by Gasteiger charge is -2.30. The minimum atomic E-state index is 0.0198. The van der Waals surface area contributed by atoms with E-state index in [1.54, 1.807) is 12.3 Å². The molecule has 1 saturated carbocycles. The predicted octanol–water partition coefficient (Wildman–Crippen LogP) is 3.41. The third-order valence-electron chi connectivity index (χ3n) is 6.33. The number of rotatable bonds is 4. The zero-order chi connectivity index (χ0) is 20.7. The number of benzene rings is 1. The minimum Gasteiger partial charge on any atom is -0.378 e. The summed E-state index contributed by atoms with van der Waals surface area (Å²) in [5.74, 6) is 0.781. The number of imidazole rings is 1. The summed E-state index contributed by atoms with van der Waals surface area (Å²) in [4.78, 5) is 22.1. The topological polar surface area (TPSA) is 92.8 Å². The molecular formula is C23H25N5O2. The van der Waals surface area contributed by atoms with Crippen molar-refractivity contribution in [1.29, 1.82) is 5.26 Å². The lowest BCUT2D eigenvalue weighted by molar-refractivity contribution is -0.121. The van der Waals surface area contributed by atoms with Crippen LogP contribution in [0, 0.1) is 11.3 Å². The summed E-state index contributed by atoms with van der Waals surface area (Å²) in [5.41, 5.74) is 3.15. The first-order valence-corrected chi connectivity index (χ1v) is 10.7. The van der Waals surface area contributed by atoms with Crippen LogP contribution in [0.4, 0.5) is 0 Å². The molecule has 3 aromatic rings. The van der Waals surface area contributed by atoms with Crippen LogP contribution in [-0.4, -0.2) is 39.2 Å². The fourth-order valence-electron chi connectivity index (χ4n) is 4.60. The Balaban J connectivity index is 1.64.